The normalized spacial score (nSPS) is 14.6. The minimum Gasteiger partial charge on any atom is -0.497 e. The lowest BCUT2D eigenvalue weighted by molar-refractivity contribution is 0.0450. The van der Waals surface area contributed by atoms with E-state index in [-0.39, 0.29) is 19.5 Å². The molecule has 0 radical (unpaired) electrons. The van der Waals surface area contributed by atoms with Gasteiger partial charge in [-0.1, -0.05) is 18.2 Å². The third-order valence-electron chi connectivity index (χ3n) is 8.69. The van der Waals surface area contributed by atoms with Gasteiger partial charge < -0.3 is 43.7 Å². The standard InChI is InChI=1S/C36H44N6O6/c1-25-16-34(42(38-25)20-26-6-10-30(46-5)11-7-26)37-32-18-31(47-23-44-3)19-33(48-24-45-4)35(32)36(43)41-21-27-8-9-29(17-28(27)22-41)40-14-12-39(2)13-15-40/h6-11,16-19,37H,12-15,20-24H2,1-5H3. The van der Waals surface area contributed by atoms with Gasteiger partial charge in [0.05, 0.1) is 25.0 Å². The molecule has 3 heterocycles. The summed E-state index contributed by atoms with van der Waals surface area (Å²) in [4.78, 5) is 21.2. The molecule has 1 fully saturated rings. The minimum absolute atomic E-state index is 0.0298. The van der Waals surface area contributed by atoms with Crippen LogP contribution in [0.25, 0.3) is 0 Å². The summed E-state index contributed by atoms with van der Waals surface area (Å²) >= 11 is 0. The number of nitrogens with one attached hydrogen (secondary N) is 1. The highest BCUT2D eigenvalue weighted by atomic mass is 16.7. The number of likely N-dealkylation sites (N-methyl/N-ethyl adjacent to an activating group) is 1. The molecule has 0 spiro atoms. The molecule has 3 aromatic carbocycles. The zero-order valence-electron chi connectivity index (χ0n) is 28.3. The van der Waals surface area contributed by atoms with Gasteiger partial charge in [-0.15, -0.1) is 0 Å². The number of methoxy groups -OCH3 is 3. The summed E-state index contributed by atoms with van der Waals surface area (Å²) in [5.74, 6) is 2.14. The van der Waals surface area contributed by atoms with Crippen LogP contribution in [0.5, 0.6) is 17.2 Å². The zero-order valence-corrected chi connectivity index (χ0v) is 28.3. The van der Waals surface area contributed by atoms with Crippen molar-refractivity contribution in [2.75, 3.05) is 78.4 Å². The fourth-order valence-corrected chi connectivity index (χ4v) is 6.11. The SMILES string of the molecule is COCOc1cc(Nc2cc(C)nn2Cc2ccc(OC)cc2)c(C(=O)N2Cc3ccc(N4CCN(C)CC4)cc3C2)c(OCOC)c1. The van der Waals surface area contributed by atoms with Gasteiger partial charge in [-0.3, -0.25) is 4.79 Å². The molecular weight excluding hydrogens is 612 g/mol. The maximum Gasteiger partial charge on any atom is 0.260 e. The molecule has 48 heavy (non-hydrogen) atoms. The number of amides is 1. The Morgan fingerprint density at radius 3 is 2.29 bits per heavy atom. The Morgan fingerprint density at radius 2 is 1.56 bits per heavy atom. The summed E-state index contributed by atoms with van der Waals surface area (Å²) in [6, 6.07) is 19.9. The molecule has 2 aliphatic rings. The van der Waals surface area contributed by atoms with Crippen molar-refractivity contribution in [2.24, 2.45) is 0 Å². The van der Waals surface area contributed by atoms with Crippen LogP contribution in [-0.4, -0.2) is 93.6 Å². The second kappa shape index (κ2) is 15.0. The highest BCUT2D eigenvalue weighted by molar-refractivity contribution is 6.03. The van der Waals surface area contributed by atoms with Crippen molar-refractivity contribution in [3.8, 4) is 17.2 Å². The predicted octanol–water partition coefficient (Wildman–Crippen LogP) is 4.87. The molecule has 0 bridgehead atoms. The second-order valence-corrected chi connectivity index (χ2v) is 12.2. The average Bonchev–Trinajstić information content (AvgIpc) is 3.68. The number of ether oxygens (including phenoxy) is 5. The van der Waals surface area contributed by atoms with E-state index in [0.29, 0.717) is 48.2 Å². The van der Waals surface area contributed by atoms with Crippen molar-refractivity contribution >= 4 is 23.1 Å². The van der Waals surface area contributed by atoms with Gasteiger partial charge in [-0.05, 0) is 54.9 Å². The number of piperazine rings is 1. The molecule has 12 nitrogen and oxygen atoms in total. The Labute approximate surface area is 281 Å². The molecule has 0 unspecified atom stereocenters. The zero-order chi connectivity index (χ0) is 33.6. The molecule has 12 heteroatoms. The van der Waals surface area contributed by atoms with Crippen LogP contribution in [0.2, 0.25) is 0 Å². The third-order valence-corrected chi connectivity index (χ3v) is 8.69. The number of hydrogen-bond acceptors (Lipinski definition) is 10. The van der Waals surface area contributed by atoms with Crippen LogP contribution in [-0.2, 0) is 29.1 Å². The summed E-state index contributed by atoms with van der Waals surface area (Å²) in [7, 11) is 6.90. The monoisotopic (exact) mass is 656 g/mol. The molecule has 0 atom stereocenters. The molecule has 1 aromatic heterocycles. The second-order valence-electron chi connectivity index (χ2n) is 12.2. The fraction of sp³-hybridized carbons (Fsp3) is 0.389. The van der Waals surface area contributed by atoms with E-state index in [2.05, 4.69) is 40.4 Å². The topological polar surface area (TPSA) is 103 Å². The quantitative estimate of drug-likeness (QED) is 0.201. The Balaban J connectivity index is 1.32. The van der Waals surface area contributed by atoms with Crippen LogP contribution in [0, 0.1) is 6.92 Å². The summed E-state index contributed by atoms with van der Waals surface area (Å²) in [6.45, 7) is 7.45. The van der Waals surface area contributed by atoms with E-state index in [1.807, 2.05) is 46.8 Å². The highest BCUT2D eigenvalue weighted by Crippen LogP contribution is 2.38. The van der Waals surface area contributed by atoms with E-state index in [0.717, 1.165) is 54.3 Å². The van der Waals surface area contributed by atoms with Gasteiger partial charge in [0.15, 0.2) is 13.6 Å². The number of carbonyl (C=O) groups excluding carboxylic acids is 1. The maximum atomic E-state index is 14.5. The molecule has 1 N–H and O–H groups in total. The molecule has 0 saturated carbocycles. The highest BCUT2D eigenvalue weighted by Gasteiger charge is 2.30. The van der Waals surface area contributed by atoms with Crippen molar-refractivity contribution in [2.45, 2.75) is 26.6 Å². The van der Waals surface area contributed by atoms with Crippen LogP contribution in [0.4, 0.5) is 17.2 Å². The van der Waals surface area contributed by atoms with Gasteiger partial charge in [0.25, 0.3) is 5.91 Å². The molecule has 2 aliphatic heterocycles. The first-order chi connectivity index (χ1) is 23.3. The minimum atomic E-state index is -0.169. The lowest BCUT2D eigenvalue weighted by Gasteiger charge is -2.34. The number of aryl methyl sites for hydroxylation is 1. The van der Waals surface area contributed by atoms with Crippen molar-refractivity contribution in [3.63, 3.8) is 0 Å². The summed E-state index contributed by atoms with van der Waals surface area (Å²) < 4.78 is 29.5. The number of rotatable bonds is 13. The van der Waals surface area contributed by atoms with Crippen LogP contribution >= 0.6 is 0 Å². The number of hydrogen-bond donors (Lipinski definition) is 1. The summed E-state index contributed by atoms with van der Waals surface area (Å²) in [5.41, 5.74) is 6.26. The first-order valence-electron chi connectivity index (χ1n) is 16.1. The van der Waals surface area contributed by atoms with Crippen molar-refractivity contribution in [1.82, 2.24) is 19.6 Å². The number of carbonyl (C=O) groups is 1. The number of fused-ring (bicyclic) bond motifs is 1. The molecule has 1 amide bonds. The van der Waals surface area contributed by atoms with Crippen LogP contribution in [0.15, 0.2) is 60.7 Å². The Morgan fingerprint density at radius 1 is 0.833 bits per heavy atom. The van der Waals surface area contributed by atoms with Crippen LogP contribution < -0.4 is 24.4 Å². The van der Waals surface area contributed by atoms with Gasteiger partial charge >= 0.3 is 0 Å². The molecule has 0 aliphatic carbocycles. The third kappa shape index (κ3) is 7.51. The van der Waals surface area contributed by atoms with E-state index in [1.54, 1.807) is 33.5 Å². The lowest BCUT2D eigenvalue weighted by Crippen LogP contribution is -2.44. The molecule has 6 rings (SSSR count). The van der Waals surface area contributed by atoms with Crippen molar-refractivity contribution in [3.05, 3.63) is 88.6 Å². The van der Waals surface area contributed by atoms with E-state index in [1.165, 1.54) is 5.69 Å². The summed E-state index contributed by atoms with van der Waals surface area (Å²) in [5, 5.41) is 8.23. The number of aromatic nitrogens is 2. The van der Waals surface area contributed by atoms with Gasteiger partial charge in [-0.25, -0.2) is 4.68 Å². The van der Waals surface area contributed by atoms with Gasteiger partial charge in [0.2, 0.25) is 0 Å². The molecule has 4 aromatic rings. The first kappa shape index (κ1) is 33.1. The number of anilines is 3. The number of benzene rings is 3. The van der Waals surface area contributed by atoms with Gasteiger partial charge in [0.1, 0.15) is 28.6 Å². The maximum absolute atomic E-state index is 14.5. The van der Waals surface area contributed by atoms with Gasteiger partial charge in [-0.2, -0.15) is 5.10 Å². The Hall–Kier alpha value is -4.78. The largest absolute Gasteiger partial charge is 0.497 e. The van der Waals surface area contributed by atoms with E-state index in [4.69, 9.17) is 28.8 Å². The Bertz CT molecular complexity index is 1720. The first-order valence-corrected chi connectivity index (χ1v) is 16.1. The van der Waals surface area contributed by atoms with Crippen molar-refractivity contribution in [1.29, 1.82) is 0 Å². The van der Waals surface area contributed by atoms with E-state index in [9.17, 15) is 4.79 Å². The lowest BCUT2D eigenvalue weighted by atomic mass is 10.1. The number of nitrogens with zero attached hydrogens (tertiary/aromatic N) is 5. The molecule has 254 valence electrons. The van der Waals surface area contributed by atoms with Crippen LogP contribution in [0.3, 0.4) is 0 Å². The molecule has 1 saturated heterocycles. The average molecular weight is 657 g/mol. The van der Waals surface area contributed by atoms with Crippen molar-refractivity contribution < 1.29 is 28.5 Å². The van der Waals surface area contributed by atoms with E-state index < -0.39 is 0 Å². The predicted molar refractivity (Wildman–Crippen MR) is 184 cm³/mol. The summed E-state index contributed by atoms with van der Waals surface area (Å²) in [6.07, 6.45) is 0. The van der Waals surface area contributed by atoms with E-state index >= 15 is 0 Å². The fourth-order valence-electron chi connectivity index (χ4n) is 6.11. The smallest absolute Gasteiger partial charge is 0.260 e. The molecular formula is C36H44N6O6. The van der Waals surface area contributed by atoms with Gasteiger partial charge in [0, 0.05) is 77.4 Å². The Kier molecular flexibility index (Phi) is 10.3. The van der Waals surface area contributed by atoms with Crippen LogP contribution in [0.1, 0.15) is 32.7 Å².